The standard InChI is InChI=1S/C18H28N2O/c1-14-7-6-10-17(15(14)2)20-18(21)13-19-12-11-16-8-4-3-5-9-16/h3-5,8-9,14-15,17,19H,6-7,10-13H2,1-2H3,(H,20,21)/t14-,15-,17+/m1/s1. The van der Waals surface area contributed by atoms with Crippen LogP contribution in [0, 0.1) is 11.8 Å². The number of rotatable bonds is 6. The van der Waals surface area contributed by atoms with Gasteiger partial charge < -0.3 is 10.6 Å². The Morgan fingerprint density at radius 3 is 2.71 bits per heavy atom. The van der Waals surface area contributed by atoms with Gasteiger partial charge in [-0.15, -0.1) is 0 Å². The first kappa shape index (κ1) is 16.0. The highest BCUT2D eigenvalue weighted by atomic mass is 16.1. The summed E-state index contributed by atoms with van der Waals surface area (Å²) in [5.41, 5.74) is 1.31. The first-order valence-electron chi connectivity index (χ1n) is 8.21. The fourth-order valence-electron chi connectivity index (χ4n) is 3.12. The van der Waals surface area contributed by atoms with Crippen molar-refractivity contribution in [1.29, 1.82) is 0 Å². The Bertz CT molecular complexity index is 432. The molecule has 3 nitrogen and oxygen atoms in total. The summed E-state index contributed by atoms with van der Waals surface area (Å²) in [5.74, 6) is 1.44. The summed E-state index contributed by atoms with van der Waals surface area (Å²) < 4.78 is 0. The van der Waals surface area contributed by atoms with Gasteiger partial charge in [-0.05, 0) is 36.8 Å². The zero-order valence-corrected chi connectivity index (χ0v) is 13.3. The smallest absolute Gasteiger partial charge is 0.234 e. The van der Waals surface area contributed by atoms with Crippen molar-refractivity contribution in [2.75, 3.05) is 13.1 Å². The van der Waals surface area contributed by atoms with Gasteiger partial charge in [-0.25, -0.2) is 0 Å². The topological polar surface area (TPSA) is 41.1 Å². The fourth-order valence-corrected chi connectivity index (χ4v) is 3.12. The Labute approximate surface area is 128 Å². The number of hydrogen-bond donors (Lipinski definition) is 2. The van der Waals surface area contributed by atoms with E-state index in [1.807, 2.05) is 18.2 Å². The van der Waals surface area contributed by atoms with E-state index in [1.165, 1.54) is 18.4 Å². The third-order valence-electron chi connectivity index (χ3n) is 4.77. The fraction of sp³-hybridized carbons (Fsp3) is 0.611. The lowest BCUT2D eigenvalue weighted by molar-refractivity contribution is -0.121. The molecule has 0 spiro atoms. The van der Waals surface area contributed by atoms with Crippen LogP contribution in [-0.2, 0) is 11.2 Å². The van der Waals surface area contributed by atoms with E-state index in [0.29, 0.717) is 18.5 Å². The molecule has 1 aromatic carbocycles. The van der Waals surface area contributed by atoms with Crippen molar-refractivity contribution in [3.8, 4) is 0 Å². The third kappa shape index (κ3) is 5.16. The molecule has 0 saturated heterocycles. The quantitative estimate of drug-likeness (QED) is 0.790. The molecule has 0 heterocycles. The van der Waals surface area contributed by atoms with E-state index >= 15 is 0 Å². The van der Waals surface area contributed by atoms with Gasteiger partial charge in [0.05, 0.1) is 6.54 Å². The normalized spacial score (nSPS) is 25.5. The second-order valence-corrected chi connectivity index (χ2v) is 6.35. The van der Waals surface area contributed by atoms with Gasteiger partial charge in [-0.1, -0.05) is 57.0 Å². The molecule has 0 radical (unpaired) electrons. The van der Waals surface area contributed by atoms with Crippen LogP contribution >= 0.6 is 0 Å². The minimum atomic E-state index is 0.133. The highest BCUT2D eigenvalue weighted by molar-refractivity contribution is 5.78. The van der Waals surface area contributed by atoms with Gasteiger partial charge in [-0.2, -0.15) is 0 Å². The number of nitrogens with one attached hydrogen (secondary N) is 2. The van der Waals surface area contributed by atoms with E-state index in [-0.39, 0.29) is 5.91 Å². The molecule has 2 N–H and O–H groups in total. The average Bonchev–Trinajstić information content (AvgIpc) is 2.49. The lowest BCUT2D eigenvalue weighted by Gasteiger charge is -2.34. The average molecular weight is 288 g/mol. The van der Waals surface area contributed by atoms with Crippen LogP contribution < -0.4 is 10.6 Å². The second-order valence-electron chi connectivity index (χ2n) is 6.35. The lowest BCUT2D eigenvalue weighted by atomic mass is 9.78. The molecule has 0 unspecified atom stereocenters. The summed E-state index contributed by atoms with van der Waals surface area (Å²) >= 11 is 0. The molecule has 1 aliphatic rings. The minimum absolute atomic E-state index is 0.133. The summed E-state index contributed by atoms with van der Waals surface area (Å²) in [4.78, 5) is 12.0. The number of benzene rings is 1. The Kier molecular flexibility index (Phi) is 6.24. The van der Waals surface area contributed by atoms with Gasteiger partial charge >= 0.3 is 0 Å². The van der Waals surface area contributed by atoms with E-state index in [0.717, 1.165) is 25.3 Å². The summed E-state index contributed by atoms with van der Waals surface area (Å²) in [6.45, 7) is 5.82. The Morgan fingerprint density at radius 2 is 1.95 bits per heavy atom. The van der Waals surface area contributed by atoms with Crippen LogP contribution in [-0.4, -0.2) is 25.0 Å². The minimum Gasteiger partial charge on any atom is -0.352 e. The van der Waals surface area contributed by atoms with Crippen LogP contribution in [0.5, 0.6) is 0 Å². The zero-order valence-electron chi connectivity index (χ0n) is 13.3. The predicted molar refractivity (Wildman–Crippen MR) is 87.1 cm³/mol. The maximum Gasteiger partial charge on any atom is 0.234 e. The maximum absolute atomic E-state index is 12.0. The van der Waals surface area contributed by atoms with Gasteiger partial charge in [0.2, 0.25) is 5.91 Å². The van der Waals surface area contributed by atoms with Crippen LogP contribution in [0.1, 0.15) is 38.7 Å². The summed E-state index contributed by atoms with van der Waals surface area (Å²) in [7, 11) is 0. The molecule has 1 saturated carbocycles. The van der Waals surface area contributed by atoms with Gasteiger partial charge in [0, 0.05) is 6.04 Å². The first-order chi connectivity index (χ1) is 10.2. The lowest BCUT2D eigenvalue weighted by Crippen LogP contribution is -2.46. The van der Waals surface area contributed by atoms with Crippen molar-refractivity contribution in [3.05, 3.63) is 35.9 Å². The van der Waals surface area contributed by atoms with Gasteiger partial charge in [0.1, 0.15) is 0 Å². The molecule has 116 valence electrons. The number of amides is 1. The number of carbonyl (C=O) groups excluding carboxylic acids is 1. The molecule has 0 bridgehead atoms. The zero-order chi connectivity index (χ0) is 15.1. The molecule has 1 amide bonds. The van der Waals surface area contributed by atoms with Crippen molar-refractivity contribution in [2.24, 2.45) is 11.8 Å². The molecule has 2 rings (SSSR count). The Hall–Kier alpha value is -1.35. The second kappa shape index (κ2) is 8.18. The SMILES string of the molecule is C[C@@H]1[C@H](C)CCC[C@@H]1NC(=O)CNCCc1ccccc1. The number of carbonyl (C=O) groups is 1. The molecule has 1 aliphatic carbocycles. The first-order valence-corrected chi connectivity index (χ1v) is 8.21. The molecule has 3 atom stereocenters. The molecule has 1 aromatic rings. The summed E-state index contributed by atoms with van der Waals surface area (Å²) in [6.07, 6.45) is 4.62. The largest absolute Gasteiger partial charge is 0.352 e. The predicted octanol–water partition coefficient (Wildman–Crippen LogP) is 2.76. The highest BCUT2D eigenvalue weighted by Gasteiger charge is 2.27. The van der Waals surface area contributed by atoms with Crippen LogP contribution in [0.2, 0.25) is 0 Å². The van der Waals surface area contributed by atoms with E-state index in [2.05, 4.69) is 36.6 Å². The van der Waals surface area contributed by atoms with Crippen LogP contribution in [0.4, 0.5) is 0 Å². The van der Waals surface area contributed by atoms with Gasteiger partial charge in [0.15, 0.2) is 0 Å². The van der Waals surface area contributed by atoms with Crippen molar-refractivity contribution in [1.82, 2.24) is 10.6 Å². The van der Waals surface area contributed by atoms with E-state index in [9.17, 15) is 4.79 Å². The highest BCUT2D eigenvalue weighted by Crippen LogP contribution is 2.29. The Balaban J connectivity index is 1.63. The summed E-state index contributed by atoms with van der Waals surface area (Å²) in [6, 6.07) is 10.7. The van der Waals surface area contributed by atoms with Crippen molar-refractivity contribution in [2.45, 2.75) is 45.6 Å². The monoisotopic (exact) mass is 288 g/mol. The molecular formula is C18H28N2O. The molecule has 21 heavy (non-hydrogen) atoms. The molecule has 1 fully saturated rings. The van der Waals surface area contributed by atoms with E-state index in [4.69, 9.17) is 0 Å². The molecule has 0 aliphatic heterocycles. The van der Waals surface area contributed by atoms with Crippen LogP contribution in [0.3, 0.4) is 0 Å². The maximum atomic E-state index is 12.0. The summed E-state index contributed by atoms with van der Waals surface area (Å²) in [5, 5.41) is 6.43. The van der Waals surface area contributed by atoms with E-state index < -0.39 is 0 Å². The van der Waals surface area contributed by atoms with Gasteiger partial charge in [-0.3, -0.25) is 4.79 Å². The van der Waals surface area contributed by atoms with Crippen molar-refractivity contribution >= 4 is 5.91 Å². The third-order valence-corrected chi connectivity index (χ3v) is 4.77. The van der Waals surface area contributed by atoms with Crippen molar-refractivity contribution < 1.29 is 4.79 Å². The van der Waals surface area contributed by atoms with Crippen LogP contribution in [0.15, 0.2) is 30.3 Å². The van der Waals surface area contributed by atoms with Crippen molar-refractivity contribution in [3.63, 3.8) is 0 Å². The van der Waals surface area contributed by atoms with E-state index in [1.54, 1.807) is 0 Å². The van der Waals surface area contributed by atoms with Crippen LogP contribution in [0.25, 0.3) is 0 Å². The number of hydrogen-bond acceptors (Lipinski definition) is 2. The molecular weight excluding hydrogens is 260 g/mol. The molecule has 0 aromatic heterocycles. The van der Waals surface area contributed by atoms with Gasteiger partial charge in [0.25, 0.3) is 0 Å². The Morgan fingerprint density at radius 1 is 1.19 bits per heavy atom. The molecule has 3 heteroatoms.